The Hall–Kier alpha value is -5.06. The van der Waals surface area contributed by atoms with Crippen LogP contribution >= 0.6 is 0 Å². The number of benzene rings is 2. The molecule has 11 heteroatoms. The fourth-order valence-electron chi connectivity index (χ4n) is 4.44. The molecule has 3 heterocycles. The SMILES string of the molecule is COc1ccc(/C(O)=C2\C(=O)C(=O)N(c3nc4cc(OC)c(OC)cc4[nH]3)C2c2ccccn2)cc1OC. The molecule has 38 heavy (non-hydrogen) atoms. The van der Waals surface area contributed by atoms with Crippen LogP contribution in [0, 0.1) is 0 Å². The van der Waals surface area contributed by atoms with Crippen LogP contribution in [0.3, 0.4) is 0 Å². The van der Waals surface area contributed by atoms with Gasteiger partial charge in [-0.25, -0.2) is 4.98 Å². The number of hydrogen-bond acceptors (Lipinski definition) is 9. The second kappa shape index (κ2) is 9.77. The molecule has 2 aromatic heterocycles. The number of pyridine rings is 1. The third-order valence-electron chi connectivity index (χ3n) is 6.27. The van der Waals surface area contributed by atoms with Crippen molar-refractivity contribution in [1.82, 2.24) is 15.0 Å². The first-order chi connectivity index (χ1) is 18.4. The summed E-state index contributed by atoms with van der Waals surface area (Å²) >= 11 is 0. The molecule has 0 saturated carbocycles. The number of methoxy groups -OCH3 is 4. The molecule has 1 unspecified atom stereocenters. The van der Waals surface area contributed by atoms with E-state index in [4.69, 9.17) is 18.9 Å². The zero-order chi connectivity index (χ0) is 27.0. The highest BCUT2D eigenvalue weighted by molar-refractivity contribution is 6.51. The van der Waals surface area contributed by atoms with E-state index in [-0.39, 0.29) is 22.8 Å². The number of aromatic amines is 1. The van der Waals surface area contributed by atoms with E-state index < -0.39 is 17.7 Å². The molecule has 1 aliphatic rings. The van der Waals surface area contributed by atoms with Gasteiger partial charge in [0.1, 0.15) is 11.8 Å². The zero-order valence-electron chi connectivity index (χ0n) is 21.0. The van der Waals surface area contributed by atoms with Crippen LogP contribution in [0.4, 0.5) is 5.95 Å². The van der Waals surface area contributed by atoms with Gasteiger partial charge in [0.05, 0.1) is 50.7 Å². The molecule has 2 N–H and O–H groups in total. The van der Waals surface area contributed by atoms with Gasteiger partial charge in [0.2, 0.25) is 5.95 Å². The molecule has 4 aromatic rings. The van der Waals surface area contributed by atoms with E-state index in [9.17, 15) is 14.7 Å². The van der Waals surface area contributed by atoms with Crippen molar-refractivity contribution in [2.75, 3.05) is 33.3 Å². The first-order valence-electron chi connectivity index (χ1n) is 11.5. The van der Waals surface area contributed by atoms with Crippen molar-refractivity contribution in [3.05, 3.63) is 71.6 Å². The van der Waals surface area contributed by atoms with Crippen molar-refractivity contribution >= 4 is 34.4 Å². The van der Waals surface area contributed by atoms with E-state index in [1.807, 2.05) is 0 Å². The van der Waals surface area contributed by atoms with Crippen molar-refractivity contribution in [1.29, 1.82) is 0 Å². The minimum Gasteiger partial charge on any atom is -0.507 e. The number of aliphatic hydroxyl groups excluding tert-OH is 1. The monoisotopic (exact) mass is 516 g/mol. The summed E-state index contributed by atoms with van der Waals surface area (Å²) in [6.07, 6.45) is 1.54. The number of H-pyrrole nitrogens is 1. The summed E-state index contributed by atoms with van der Waals surface area (Å²) in [4.78, 5) is 40.0. The molecule has 2 aromatic carbocycles. The highest BCUT2D eigenvalue weighted by atomic mass is 16.5. The van der Waals surface area contributed by atoms with Crippen LogP contribution < -0.4 is 23.8 Å². The van der Waals surface area contributed by atoms with E-state index in [1.54, 1.807) is 48.7 Å². The Balaban J connectivity index is 1.70. The number of rotatable bonds is 7. The van der Waals surface area contributed by atoms with Gasteiger partial charge in [-0.05, 0) is 30.3 Å². The largest absolute Gasteiger partial charge is 0.507 e. The van der Waals surface area contributed by atoms with Crippen LogP contribution in [-0.2, 0) is 9.59 Å². The number of imidazole rings is 1. The average molecular weight is 517 g/mol. The van der Waals surface area contributed by atoms with Crippen molar-refractivity contribution in [3.63, 3.8) is 0 Å². The molecule has 0 bridgehead atoms. The van der Waals surface area contributed by atoms with Crippen molar-refractivity contribution in [3.8, 4) is 23.0 Å². The molecule has 0 radical (unpaired) electrons. The fourth-order valence-corrected chi connectivity index (χ4v) is 4.44. The lowest BCUT2D eigenvalue weighted by atomic mass is 9.98. The van der Waals surface area contributed by atoms with Gasteiger partial charge in [0, 0.05) is 23.9 Å². The predicted molar refractivity (Wildman–Crippen MR) is 138 cm³/mol. The van der Waals surface area contributed by atoms with Gasteiger partial charge in [0.15, 0.2) is 23.0 Å². The maximum Gasteiger partial charge on any atom is 0.302 e. The van der Waals surface area contributed by atoms with Gasteiger partial charge in [-0.3, -0.25) is 19.5 Å². The molecular formula is C27H24N4O7. The zero-order valence-corrected chi connectivity index (χ0v) is 21.0. The molecule has 194 valence electrons. The number of anilines is 1. The third-order valence-corrected chi connectivity index (χ3v) is 6.27. The summed E-state index contributed by atoms with van der Waals surface area (Å²) in [6, 6.07) is 12.1. The summed E-state index contributed by atoms with van der Waals surface area (Å²) in [5.74, 6) is -0.341. The number of nitrogens with one attached hydrogen (secondary N) is 1. The third kappa shape index (κ3) is 3.94. The predicted octanol–water partition coefficient (Wildman–Crippen LogP) is 3.62. The number of carbonyl (C=O) groups excluding carboxylic acids is 2. The number of nitrogens with zero attached hydrogens (tertiary/aromatic N) is 3. The number of aromatic nitrogens is 3. The Morgan fingerprint density at radius 3 is 2.24 bits per heavy atom. The highest BCUT2D eigenvalue weighted by Crippen LogP contribution is 2.42. The van der Waals surface area contributed by atoms with Gasteiger partial charge in [-0.1, -0.05) is 6.07 Å². The normalized spacial score (nSPS) is 16.6. The number of Topliss-reactive ketones (excluding diaryl/α,β-unsaturated/α-hetero) is 1. The Bertz CT molecular complexity index is 1540. The minimum absolute atomic E-state index is 0.0967. The Kier molecular flexibility index (Phi) is 6.33. The summed E-state index contributed by atoms with van der Waals surface area (Å²) in [5.41, 5.74) is 1.53. The maximum absolute atomic E-state index is 13.4. The van der Waals surface area contributed by atoms with Gasteiger partial charge >= 0.3 is 5.91 Å². The number of hydrogen-bond donors (Lipinski definition) is 2. The topological polar surface area (TPSA) is 136 Å². The van der Waals surface area contributed by atoms with Crippen LogP contribution in [-0.4, -0.2) is 60.2 Å². The molecule has 1 saturated heterocycles. The fraction of sp³-hybridized carbons (Fsp3) is 0.185. The Labute approximate surface area is 217 Å². The first-order valence-corrected chi connectivity index (χ1v) is 11.5. The molecule has 0 spiro atoms. The standard InChI is InChI=1S/C27H24N4O7/c1-35-18-9-8-14(11-19(18)36-2)24(32)22-23(15-7-5-6-10-28-15)31(26(34)25(22)33)27-29-16-12-20(37-3)21(38-4)13-17(16)30-27/h5-13,23,32H,1-4H3,(H,29,30)/b24-22+. The molecule has 5 rings (SSSR count). The van der Waals surface area contributed by atoms with Crippen LogP contribution in [0.2, 0.25) is 0 Å². The van der Waals surface area contributed by atoms with Crippen molar-refractivity contribution < 1.29 is 33.6 Å². The van der Waals surface area contributed by atoms with Gasteiger partial charge in [-0.2, -0.15) is 0 Å². The van der Waals surface area contributed by atoms with E-state index >= 15 is 0 Å². The average Bonchev–Trinajstić information content (AvgIpc) is 3.48. The summed E-state index contributed by atoms with van der Waals surface area (Å²) < 4.78 is 21.3. The summed E-state index contributed by atoms with van der Waals surface area (Å²) in [7, 11) is 5.96. The van der Waals surface area contributed by atoms with E-state index in [1.165, 1.54) is 39.4 Å². The highest BCUT2D eigenvalue weighted by Gasteiger charge is 2.49. The molecule has 11 nitrogen and oxygen atoms in total. The minimum atomic E-state index is -1.06. The van der Waals surface area contributed by atoms with Crippen molar-refractivity contribution in [2.24, 2.45) is 0 Å². The number of carbonyl (C=O) groups is 2. The number of ketones is 1. The van der Waals surface area contributed by atoms with Gasteiger partial charge in [0.25, 0.3) is 5.78 Å². The lowest BCUT2D eigenvalue weighted by Gasteiger charge is -2.22. The summed E-state index contributed by atoms with van der Waals surface area (Å²) in [6.45, 7) is 0. The van der Waals surface area contributed by atoms with Crippen LogP contribution in [0.25, 0.3) is 16.8 Å². The Morgan fingerprint density at radius 1 is 0.895 bits per heavy atom. The quantitative estimate of drug-likeness (QED) is 0.214. The molecule has 1 aliphatic heterocycles. The van der Waals surface area contributed by atoms with Gasteiger partial charge in [-0.15, -0.1) is 0 Å². The van der Waals surface area contributed by atoms with E-state index in [0.717, 1.165) is 0 Å². The van der Waals surface area contributed by atoms with Crippen LogP contribution in [0.15, 0.2) is 60.3 Å². The number of ether oxygens (including phenoxy) is 4. The number of amides is 1. The first kappa shape index (κ1) is 24.6. The summed E-state index contributed by atoms with van der Waals surface area (Å²) in [5, 5.41) is 11.4. The van der Waals surface area contributed by atoms with E-state index in [0.29, 0.717) is 39.7 Å². The molecule has 1 fully saturated rings. The lowest BCUT2D eigenvalue weighted by Crippen LogP contribution is -2.30. The molecule has 0 aliphatic carbocycles. The van der Waals surface area contributed by atoms with Crippen LogP contribution in [0.5, 0.6) is 23.0 Å². The lowest BCUT2D eigenvalue weighted by molar-refractivity contribution is -0.132. The molecule has 1 amide bonds. The number of fused-ring (bicyclic) bond motifs is 1. The van der Waals surface area contributed by atoms with Crippen molar-refractivity contribution in [2.45, 2.75) is 6.04 Å². The molecular weight excluding hydrogens is 492 g/mol. The second-order valence-corrected chi connectivity index (χ2v) is 8.28. The van der Waals surface area contributed by atoms with E-state index in [2.05, 4.69) is 15.0 Å². The van der Waals surface area contributed by atoms with Crippen LogP contribution in [0.1, 0.15) is 17.3 Å². The maximum atomic E-state index is 13.4. The second-order valence-electron chi connectivity index (χ2n) is 8.28. The Morgan fingerprint density at radius 2 is 1.58 bits per heavy atom. The molecule has 1 atom stereocenters. The smallest absolute Gasteiger partial charge is 0.302 e. The van der Waals surface area contributed by atoms with Gasteiger partial charge < -0.3 is 29.0 Å². The number of aliphatic hydroxyl groups is 1.